The molecule has 0 bridgehead atoms. The maximum absolute atomic E-state index is 10.9. The van der Waals surface area contributed by atoms with Crippen molar-refractivity contribution < 1.29 is 14.3 Å². The van der Waals surface area contributed by atoms with Gasteiger partial charge in [0.25, 0.3) is 0 Å². The van der Waals surface area contributed by atoms with Gasteiger partial charge in [-0.1, -0.05) is 36.9 Å². The second-order valence-electron chi connectivity index (χ2n) is 2.51. The lowest BCUT2D eigenvalue weighted by atomic mass is 10.2. The molecule has 1 aromatic carbocycles. The number of hydrogen-bond acceptors (Lipinski definition) is 3. The van der Waals surface area contributed by atoms with E-state index in [1.165, 1.54) is 12.7 Å². The SMILES string of the molecule is C=C[CH]OC(=O)OCc1ccccc1. The first-order valence-corrected chi connectivity index (χ1v) is 4.14. The molecule has 14 heavy (non-hydrogen) atoms. The van der Waals surface area contributed by atoms with E-state index in [0.717, 1.165) is 5.56 Å². The Morgan fingerprint density at radius 3 is 2.71 bits per heavy atom. The van der Waals surface area contributed by atoms with Crippen LogP contribution in [0.3, 0.4) is 0 Å². The Bertz CT molecular complexity index is 293. The van der Waals surface area contributed by atoms with Crippen molar-refractivity contribution in [1.82, 2.24) is 0 Å². The summed E-state index contributed by atoms with van der Waals surface area (Å²) in [6, 6.07) is 9.38. The molecule has 0 amide bonds. The summed E-state index contributed by atoms with van der Waals surface area (Å²) in [6.45, 7) is 4.75. The Hall–Kier alpha value is -1.77. The Morgan fingerprint density at radius 2 is 2.07 bits per heavy atom. The monoisotopic (exact) mass is 191 g/mol. The summed E-state index contributed by atoms with van der Waals surface area (Å²) in [5, 5.41) is 0. The number of carbonyl (C=O) groups is 1. The normalized spacial score (nSPS) is 9.14. The third kappa shape index (κ3) is 3.76. The summed E-state index contributed by atoms with van der Waals surface area (Å²) in [6.07, 6.45) is 0.637. The number of rotatable bonds is 4. The van der Waals surface area contributed by atoms with Crippen molar-refractivity contribution in [3.63, 3.8) is 0 Å². The van der Waals surface area contributed by atoms with Gasteiger partial charge in [-0.25, -0.2) is 4.79 Å². The third-order valence-corrected chi connectivity index (χ3v) is 1.46. The molecular weight excluding hydrogens is 180 g/mol. The molecule has 0 aliphatic heterocycles. The van der Waals surface area contributed by atoms with Crippen LogP contribution in [0.15, 0.2) is 43.0 Å². The first-order valence-electron chi connectivity index (χ1n) is 4.14. The van der Waals surface area contributed by atoms with Crippen LogP contribution in [0.2, 0.25) is 0 Å². The van der Waals surface area contributed by atoms with Crippen LogP contribution >= 0.6 is 0 Å². The highest BCUT2D eigenvalue weighted by Crippen LogP contribution is 2.01. The van der Waals surface area contributed by atoms with Gasteiger partial charge in [0.15, 0.2) is 6.61 Å². The van der Waals surface area contributed by atoms with E-state index in [9.17, 15) is 4.79 Å². The zero-order valence-electron chi connectivity index (χ0n) is 7.68. The lowest BCUT2D eigenvalue weighted by molar-refractivity contribution is 0.0714. The minimum absolute atomic E-state index is 0.213. The summed E-state index contributed by atoms with van der Waals surface area (Å²) in [7, 11) is 0. The van der Waals surface area contributed by atoms with E-state index in [4.69, 9.17) is 4.74 Å². The van der Waals surface area contributed by atoms with Crippen molar-refractivity contribution >= 4 is 6.16 Å². The predicted octanol–water partition coefficient (Wildman–Crippen LogP) is 2.69. The minimum atomic E-state index is -0.728. The number of carbonyl (C=O) groups excluding carboxylic acids is 1. The molecular formula is C11H11O3. The van der Waals surface area contributed by atoms with Crippen molar-refractivity contribution in [2.75, 3.05) is 0 Å². The van der Waals surface area contributed by atoms with Gasteiger partial charge >= 0.3 is 6.16 Å². The van der Waals surface area contributed by atoms with Crippen molar-refractivity contribution in [2.45, 2.75) is 6.61 Å². The van der Waals surface area contributed by atoms with Gasteiger partial charge < -0.3 is 9.47 Å². The average Bonchev–Trinajstić information content (AvgIpc) is 2.25. The fourth-order valence-electron chi connectivity index (χ4n) is 0.854. The van der Waals surface area contributed by atoms with Crippen molar-refractivity contribution in [3.8, 4) is 0 Å². The zero-order valence-corrected chi connectivity index (χ0v) is 7.68. The fourth-order valence-corrected chi connectivity index (χ4v) is 0.854. The lowest BCUT2D eigenvalue weighted by Gasteiger charge is -2.03. The van der Waals surface area contributed by atoms with Crippen molar-refractivity contribution in [2.24, 2.45) is 0 Å². The summed E-state index contributed by atoms with van der Waals surface area (Å²) in [5.74, 6) is 0. The molecule has 0 saturated carbocycles. The van der Waals surface area contributed by atoms with Gasteiger partial charge in [0, 0.05) is 0 Å². The number of benzene rings is 1. The molecule has 1 radical (unpaired) electrons. The minimum Gasteiger partial charge on any atom is -0.429 e. The molecule has 73 valence electrons. The highest BCUT2D eigenvalue weighted by Gasteiger charge is 2.02. The lowest BCUT2D eigenvalue weighted by Crippen LogP contribution is -2.04. The standard InChI is InChI=1S/C11H11O3/c1-2-8-13-11(12)14-9-10-6-4-3-5-7-10/h2-8H,1,9H2. The molecule has 3 heteroatoms. The Morgan fingerprint density at radius 1 is 1.36 bits per heavy atom. The van der Waals surface area contributed by atoms with Crippen molar-refractivity contribution in [1.29, 1.82) is 0 Å². The predicted molar refractivity (Wildman–Crippen MR) is 52.2 cm³/mol. The molecule has 3 nitrogen and oxygen atoms in total. The largest absolute Gasteiger partial charge is 0.509 e. The summed E-state index contributed by atoms with van der Waals surface area (Å²) >= 11 is 0. The summed E-state index contributed by atoms with van der Waals surface area (Å²) in [5.41, 5.74) is 0.919. The van der Waals surface area contributed by atoms with Gasteiger partial charge in [0.1, 0.15) is 6.61 Å². The van der Waals surface area contributed by atoms with Gasteiger partial charge in [-0.2, -0.15) is 0 Å². The van der Waals surface area contributed by atoms with Crippen LogP contribution in [0, 0.1) is 6.61 Å². The Balaban J connectivity index is 2.27. The van der Waals surface area contributed by atoms with Crippen LogP contribution in [-0.2, 0) is 16.1 Å². The van der Waals surface area contributed by atoms with Crippen LogP contribution < -0.4 is 0 Å². The molecule has 0 aliphatic carbocycles. The van der Waals surface area contributed by atoms with E-state index in [1.54, 1.807) is 0 Å². The van der Waals surface area contributed by atoms with Gasteiger partial charge in [-0.3, -0.25) is 0 Å². The topological polar surface area (TPSA) is 35.5 Å². The fraction of sp³-hybridized carbons (Fsp3) is 0.0909. The summed E-state index contributed by atoms with van der Waals surface area (Å²) < 4.78 is 9.30. The second-order valence-corrected chi connectivity index (χ2v) is 2.51. The van der Waals surface area contributed by atoms with Gasteiger partial charge in [-0.15, -0.1) is 0 Å². The van der Waals surface area contributed by atoms with Crippen LogP contribution in [0.25, 0.3) is 0 Å². The smallest absolute Gasteiger partial charge is 0.429 e. The molecule has 0 aliphatic rings. The van der Waals surface area contributed by atoms with E-state index >= 15 is 0 Å². The zero-order chi connectivity index (χ0) is 10.2. The highest BCUT2D eigenvalue weighted by atomic mass is 16.7. The molecule has 1 rings (SSSR count). The molecule has 0 saturated heterocycles. The second kappa shape index (κ2) is 5.80. The van der Waals surface area contributed by atoms with E-state index in [-0.39, 0.29) is 6.61 Å². The van der Waals surface area contributed by atoms with Crippen LogP contribution in [0.4, 0.5) is 4.79 Å². The van der Waals surface area contributed by atoms with E-state index in [2.05, 4.69) is 11.3 Å². The third-order valence-electron chi connectivity index (χ3n) is 1.46. The van der Waals surface area contributed by atoms with Gasteiger partial charge in [-0.05, 0) is 11.6 Å². The quantitative estimate of drug-likeness (QED) is 0.686. The maximum atomic E-state index is 10.9. The molecule has 0 fully saturated rings. The highest BCUT2D eigenvalue weighted by molar-refractivity contribution is 5.60. The number of ether oxygens (including phenoxy) is 2. The molecule has 0 spiro atoms. The average molecular weight is 191 g/mol. The molecule has 0 N–H and O–H groups in total. The van der Waals surface area contributed by atoms with E-state index < -0.39 is 6.16 Å². The molecule has 0 aromatic heterocycles. The maximum Gasteiger partial charge on any atom is 0.509 e. The summed E-state index contributed by atoms with van der Waals surface area (Å²) in [4.78, 5) is 10.9. The molecule has 0 atom stereocenters. The first kappa shape index (κ1) is 10.3. The van der Waals surface area contributed by atoms with Crippen molar-refractivity contribution in [3.05, 3.63) is 55.2 Å². The van der Waals surface area contributed by atoms with Crippen LogP contribution in [-0.4, -0.2) is 6.16 Å². The van der Waals surface area contributed by atoms with Gasteiger partial charge in [0.2, 0.25) is 0 Å². The van der Waals surface area contributed by atoms with Crippen LogP contribution in [0.5, 0.6) is 0 Å². The molecule has 0 heterocycles. The Labute approximate surface area is 83.0 Å². The number of hydrogen-bond donors (Lipinski definition) is 0. The Kier molecular flexibility index (Phi) is 4.27. The van der Waals surface area contributed by atoms with Gasteiger partial charge in [0.05, 0.1) is 0 Å². The van der Waals surface area contributed by atoms with E-state index in [0.29, 0.717) is 0 Å². The first-order chi connectivity index (χ1) is 6.83. The molecule has 0 unspecified atom stereocenters. The molecule has 1 aromatic rings. The van der Waals surface area contributed by atoms with E-state index in [1.807, 2.05) is 30.3 Å². The van der Waals surface area contributed by atoms with Crippen LogP contribution in [0.1, 0.15) is 5.56 Å².